The Bertz CT molecular complexity index is 612. The van der Waals surface area contributed by atoms with Crippen molar-refractivity contribution in [3.63, 3.8) is 0 Å². The van der Waals surface area contributed by atoms with Crippen molar-refractivity contribution in [3.8, 4) is 0 Å². The Morgan fingerprint density at radius 3 is 2.00 bits per heavy atom. The maximum absolute atomic E-state index is 13.4. The summed E-state index contributed by atoms with van der Waals surface area (Å²) in [6.45, 7) is 5.54. The van der Waals surface area contributed by atoms with Gasteiger partial charge in [0.25, 0.3) is 0 Å². The Morgan fingerprint density at radius 2 is 1.50 bits per heavy atom. The molecule has 106 valence electrons. The molecule has 0 amide bonds. The maximum Gasteiger partial charge on any atom is 0.126 e. The molecule has 0 aliphatic carbocycles. The van der Waals surface area contributed by atoms with Crippen molar-refractivity contribution in [2.24, 2.45) is 0 Å². The van der Waals surface area contributed by atoms with E-state index in [-0.39, 0.29) is 17.7 Å². The summed E-state index contributed by atoms with van der Waals surface area (Å²) in [6.07, 6.45) is 0. The summed E-state index contributed by atoms with van der Waals surface area (Å²) < 4.78 is 26.8. The van der Waals surface area contributed by atoms with Gasteiger partial charge in [0.2, 0.25) is 0 Å². The summed E-state index contributed by atoms with van der Waals surface area (Å²) in [5.41, 5.74) is 4.41. The van der Waals surface area contributed by atoms with Crippen molar-refractivity contribution >= 4 is 0 Å². The normalized spacial score (nSPS) is 12.5. The van der Waals surface area contributed by atoms with E-state index in [9.17, 15) is 8.78 Å². The first kappa shape index (κ1) is 14.7. The minimum atomic E-state index is -0.228. The minimum absolute atomic E-state index is 0.0742. The molecule has 0 fully saturated rings. The number of halogens is 2. The minimum Gasteiger partial charge on any atom is -0.309 e. The highest BCUT2D eigenvalue weighted by Gasteiger charge is 2.18. The smallest absolute Gasteiger partial charge is 0.126 e. The lowest BCUT2D eigenvalue weighted by Crippen LogP contribution is -2.20. The molecule has 0 aliphatic rings. The average molecular weight is 275 g/mol. The SMILES string of the molecule is CNC(c1ccc(F)c(C)c1)c1c(C)cc(F)cc1C. The summed E-state index contributed by atoms with van der Waals surface area (Å²) in [7, 11) is 1.85. The summed E-state index contributed by atoms with van der Waals surface area (Å²) in [5.74, 6) is -0.440. The van der Waals surface area contributed by atoms with Crippen LogP contribution in [-0.2, 0) is 0 Å². The zero-order valence-corrected chi connectivity index (χ0v) is 12.2. The standard InChI is InChI=1S/C17H19F2N/c1-10-7-13(5-6-15(10)19)17(20-4)16-11(2)8-14(18)9-12(16)3/h5-9,17,20H,1-4H3. The van der Waals surface area contributed by atoms with E-state index >= 15 is 0 Å². The highest BCUT2D eigenvalue weighted by atomic mass is 19.1. The summed E-state index contributed by atoms with van der Waals surface area (Å²) in [6, 6.07) is 8.06. The fourth-order valence-corrected chi connectivity index (χ4v) is 2.70. The predicted molar refractivity (Wildman–Crippen MR) is 77.9 cm³/mol. The van der Waals surface area contributed by atoms with Gasteiger partial charge in [-0.3, -0.25) is 0 Å². The number of hydrogen-bond donors (Lipinski definition) is 1. The monoisotopic (exact) mass is 275 g/mol. The third kappa shape index (κ3) is 2.73. The Balaban J connectivity index is 2.55. The Morgan fingerprint density at radius 1 is 0.900 bits per heavy atom. The van der Waals surface area contributed by atoms with Gasteiger partial charge < -0.3 is 5.32 Å². The molecule has 1 nitrogen and oxygen atoms in total. The van der Waals surface area contributed by atoms with Crippen LogP contribution in [0.5, 0.6) is 0 Å². The fourth-order valence-electron chi connectivity index (χ4n) is 2.70. The number of aryl methyl sites for hydroxylation is 3. The third-order valence-electron chi connectivity index (χ3n) is 3.65. The number of rotatable bonds is 3. The molecule has 0 heterocycles. The molecule has 0 spiro atoms. The molecule has 1 unspecified atom stereocenters. The largest absolute Gasteiger partial charge is 0.309 e. The van der Waals surface area contributed by atoms with Crippen LogP contribution in [0.25, 0.3) is 0 Å². The van der Waals surface area contributed by atoms with Gasteiger partial charge in [-0.1, -0.05) is 12.1 Å². The van der Waals surface area contributed by atoms with Crippen LogP contribution in [0, 0.1) is 32.4 Å². The van der Waals surface area contributed by atoms with E-state index in [1.807, 2.05) is 27.0 Å². The van der Waals surface area contributed by atoms with Gasteiger partial charge in [-0.2, -0.15) is 0 Å². The van der Waals surface area contributed by atoms with Crippen molar-refractivity contribution < 1.29 is 8.78 Å². The van der Waals surface area contributed by atoms with E-state index in [0.29, 0.717) is 5.56 Å². The summed E-state index contributed by atoms with van der Waals surface area (Å²) in [4.78, 5) is 0. The first-order valence-corrected chi connectivity index (χ1v) is 6.64. The van der Waals surface area contributed by atoms with Crippen molar-refractivity contribution in [3.05, 3.63) is 69.8 Å². The van der Waals surface area contributed by atoms with E-state index in [1.54, 1.807) is 13.0 Å². The molecule has 0 bridgehead atoms. The lowest BCUT2D eigenvalue weighted by molar-refractivity contribution is 0.610. The van der Waals surface area contributed by atoms with Gasteiger partial charge in [0.15, 0.2) is 0 Å². The lowest BCUT2D eigenvalue weighted by Gasteiger charge is -2.22. The first-order valence-electron chi connectivity index (χ1n) is 6.64. The van der Waals surface area contributed by atoms with Crippen LogP contribution >= 0.6 is 0 Å². The molecule has 0 saturated carbocycles. The van der Waals surface area contributed by atoms with Crippen molar-refractivity contribution in [1.29, 1.82) is 0 Å². The second-order valence-electron chi connectivity index (χ2n) is 5.18. The molecule has 1 atom stereocenters. The Kier molecular flexibility index (Phi) is 4.19. The van der Waals surface area contributed by atoms with E-state index in [4.69, 9.17) is 0 Å². The van der Waals surface area contributed by atoms with E-state index in [1.165, 1.54) is 18.2 Å². The topological polar surface area (TPSA) is 12.0 Å². The molecule has 0 saturated heterocycles. The summed E-state index contributed by atoms with van der Waals surface area (Å²) >= 11 is 0. The maximum atomic E-state index is 13.4. The highest BCUT2D eigenvalue weighted by molar-refractivity contribution is 5.43. The van der Waals surface area contributed by atoms with Crippen LogP contribution in [0.15, 0.2) is 30.3 Å². The van der Waals surface area contributed by atoms with E-state index in [0.717, 1.165) is 22.3 Å². The molecule has 1 N–H and O–H groups in total. The van der Waals surface area contributed by atoms with Crippen molar-refractivity contribution in [2.75, 3.05) is 7.05 Å². The quantitative estimate of drug-likeness (QED) is 0.885. The average Bonchev–Trinajstić information content (AvgIpc) is 2.37. The van der Waals surface area contributed by atoms with Crippen LogP contribution in [0.4, 0.5) is 8.78 Å². The number of benzene rings is 2. The highest BCUT2D eigenvalue weighted by Crippen LogP contribution is 2.29. The second kappa shape index (κ2) is 5.71. The molecule has 2 aromatic carbocycles. The van der Waals surface area contributed by atoms with Gasteiger partial charge in [-0.15, -0.1) is 0 Å². The van der Waals surface area contributed by atoms with Crippen LogP contribution in [-0.4, -0.2) is 7.05 Å². The molecule has 0 aliphatic heterocycles. The molecule has 0 radical (unpaired) electrons. The third-order valence-corrected chi connectivity index (χ3v) is 3.65. The van der Waals surface area contributed by atoms with Gasteiger partial charge >= 0.3 is 0 Å². The van der Waals surface area contributed by atoms with Crippen LogP contribution in [0.3, 0.4) is 0 Å². The van der Waals surface area contributed by atoms with Gasteiger partial charge in [0.05, 0.1) is 6.04 Å². The zero-order chi connectivity index (χ0) is 14.9. The van der Waals surface area contributed by atoms with E-state index < -0.39 is 0 Å². The Hall–Kier alpha value is -1.74. The van der Waals surface area contributed by atoms with Crippen LogP contribution in [0.2, 0.25) is 0 Å². The number of hydrogen-bond acceptors (Lipinski definition) is 1. The molecular weight excluding hydrogens is 256 g/mol. The Labute approximate surface area is 118 Å². The summed E-state index contributed by atoms with van der Waals surface area (Å²) in [5, 5.41) is 3.24. The van der Waals surface area contributed by atoms with Gasteiger partial charge in [0, 0.05) is 0 Å². The molecule has 2 aromatic rings. The van der Waals surface area contributed by atoms with Crippen LogP contribution in [0.1, 0.15) is 33.9 Å². The fraction of sp³-hybridized carbons (Fsp3) is 0.294. The lowest BCUT2D eigenvalue weighted by atomic mass is 9.90. The van der Waals surface area contributed by atoms with Crippen LogP contribution < -0.4 is 5.32 Å². The van der Waals surface area contributed by atoms with Gasteiger partial charge in [0.1, 0.15) is 11.6 Å². The molecule has 0 aromatic heterocycles. The second-order valence-corrected chi connectivity index (χ2v) is 5.18. The predicted octanol–water partition coefficient (Wildman–Crippen LogP) is 4.20. The van der Waals surface area contributed by atoms with Gasteiger partial charge in [-0.05, 0) is 73.8 Å². The zero-order valence-electron chi connectivity index (χ0n) is 12.2. The van der Waals surface area contributed by atoms with Crippen molar-refractivity contribution in [2.45, 2.75) is 26.8 Å². The molecular formula is C17H19F2N. The molecule has 2 rings (SSSR count). The first-order chi connectivity index (χ1) is 9.43. The van der Waals surface area contributed by atoms with Gasteiger partial charge in [-0.25, -0.2) is 8.78 Å². The van der Waals surface area contributed by atoms with Crippen molar-refractivity contribution in [1.82, 2.24) is 5.32 Å². The molecule has 20 heavy (non-hydrogen) atoms. The number of nitrogens with one attached hydrogen (secondary N) is 1. The molecule has 3 heteroatoms. The van der Waals surface area contributed by atoms with E-state index in [2.05, 4.69) is 5.32 Å².